The Balaban J connectivity index is 1.60. The Morgan fingerprint density at radius 2 is 2.05 bits per heavy atom. The van der Waals surface area contributed by atoms with E-state index >= 15 is 0 Å². The van der Waals surface area contributed by atoms with Gasteiger partial charge in [0.1, 0.15) is 6.61 Å². The van der Waals surface area contributed by atoms with Gasteiger partial charge < -0.3 is 10.1 Å². The van der Waals surface area contributed by atoms with Gasteiger partial charge in [0.15, 0.2) is 0 Å². The molecule has 1 N–H and O–H groups in total. The lowest BCUT2D eigenvalue weighted by Crippen LogP contribution is -2.56. The van der Waals surface area contributed by atoms with Gasteiger partial charge >= 0.3 is 6.18 Å². The molecule has 1 aliphatic heterocycles. The largest absolute Gasteiger partial charge is 0.411 e. The van der Waals surface area contributed by atoms with Gasteiger partial charge in [-0.3, -0.25) is 4.90 Å². The minimum absolute atomic E-state index is 0.185. The van der Waals surface area contributed by atoms with E-state index in [4.69, 9.17) is 0 Å². The second-order valence-electron chi connectivity index (χ2n) is 5.72. The molecule has 0 amide bonds. The van der Waals surface area contributed by atoms with E-state index in [2.05, 4.69) is 21.9 Å². The van der Waals surface area contributed by atoms with Crippen LogP contribution in [0.15, 0.2) is 0 Å². The van der Waals surface area contributed by atoms with Gasteiger partial charge in [0, 0.05) is 38.3 Å². The molecule has 2 rings (SSSR count). The van der Waals surface area contributed by atoms with Gasteiger partial charge in [-0.15, -0.1) is 0 Å². The summed E-state index contributed by atoms with van der Waals surface area (Å²) in [5.74, 6) is 0.816. The van der Waals surface area contributed by atoms with Gasteiger partial charge in [0.05, 0.1) is 0 Å². The van der Waals surface area contributed by atoms with E-state index in [9.17, 15) is 13.2 Å². The molecule has 0 aromatic heterocycles. The van der Waals surface area contributed by atoms with Crippen molar-refractivity contribution in [1.82, 2.24) is 10.2 Å². The molecule has 2 unspecified atom stereocenters. The van der Waals surface area contributed by atoms with Crippen molar-refractivity contribution in [1.29, 1.82) is 0 Å². The summed E-state index contributed by atoms with van der Waals surface area (Å²) in [6.45, 7) is 4.03. The standard InChI is InChI=1S/C13H23F3N2O/c1-10-7-17-12(11-3-4-11)8-18(10)5-2-6-19-9-13(14,15)16/h10-12,17H,2-9H2,1H3. The lowest BCUT2D eigenvalue weighted by atomic mass is 10.1. The first-order valence-corrected chi connectivity index (χ1v) is 7.07. The predicted molar refractivity (Wildman–Crippen MR) is 67.0 cm³/mol. The highest BCUT2D eigenvalue weighted by molar-refractivity contribution is 4.93. The number of rotatable bonds is 6. The van der Waals surface area contributed by atoms with Crippen molar-refractivity contribution in [3.05, 3.63) is 0 Å². The number of ether oxygens (including phenoxy) is 1. The van der Waals surface area contributed by atoms with Crippen molar-refractivity contribution in [2.24, 2.45) is 5.92 Å². The number of nitrogens with one attached hydrogen (secondary N) is 1. The molecule has 1 saturated heterocycles. The molecule has 0 aromatic rings. The predicted octanol–water partition coefficient (Wildman–Crippen LogP) is 2.03. The lowest BCUT2D eigenvalue weighted by molar-refractivity contribution is -0.174. The van der Waals surface area contributed by atoms with Crippen LogP contribution in [0.4, 0.5) is 13.2 Å². The van der Waals surface area contributed by atoms with Crippen LogP contribution in [0.1, 0.15) is 26.2 Å². The van der Waals surface area contributed by atoms with Crippen LogP contribution >= 0.6 is 0 Å². The summed E-state index contributed by atoms with van der Waals surface area (Å²) in [5.41, 5.74) is 0. The summed E-state index contributed by atoms with van der Waals surface area (Å²) in [4.78, 5) is 2.37. The molecule has 2 aliphatic rings. The van der Waals surface area contributed by atoms with Crippen molar-refractivity contribution < 1.29 is 17.9 Å². The summed E-state index contributed by atoms with van der Waals surface area (Å²) in [5, 5.41) is 3.56. The Bertz CT molecular complexity index is 282. The van der Waals surface area contributed by atoms with Crippen molar-refractivity contribution in [2.45, 2.75) is 44.4 Å². The van der Waals surface area contributed by atoms with Crippen LogP contribution in [0.3, 0.4) is 0 Å². The highest BCUT2D eigenvalue weighted by Crippen LogP contribution is 2.34. The van der Waals surface area contributed by atoms with Crippen LogP contribution in [0.5, 0.6) is 0 Å². The Morgan fingerprint density at radius 1 is 1.32 bits per heavy atom. The monoisotopic (exact) mass is 280 g/mol. The van der Waals surface area contributed by atoms with E-state index < -0.39 is 12.8 Å². The van der Waals surface area contributed by atoms with E-state index in [1.54, 1.807) is 0 Å². The maximum absolute atomic E-state index is 11.9. The highest BCUT2D eigenvalue weighted by atomic mass is 19.4. The summed E-state index contributed by atoms with van der Waals surface area (Å²) in [7, 11) is 0. The molecule has 112 valence electrons. The molecule has 19 heavy (non-hydrogen) atoms. The number of hydrogen-bond donors (Lipinski definition) is 1. The van der Waals surface area contributed by atoms with Crippen molar-refractivity contribution in [3.63, 3.8) is 0 Å². The fourth-order valence-electron chi connectivity index (χ4n) is 2.63. The second-order valence-corrected chi connectivity index (χ2v) is 5.72. The average molecular weight is 280 g/mol. The number of alkyl halides is 3. The minimum Gasteiger partial charge on any atom is -0.372 e. The molecule has 0 aromatic carbocycles. The van der Waals surface area contributed by atoms with Crippen LogP contribution in [-0.4, -0.2) is 56.0 Å². The maximum Gasteiger partial charge on any atom is 0.411 e. The second kappa shape index (κ2) is 6.41. The first-order chi connectivity index (χ1) is 8.96. The zero-order valence-electron chi connectivity index (χ0n) is 11.4. The molecular weight excluding hydrogens is 257 g/mol. The topological polar surface area (TPSA) is 24.5 Å². The van der Waals surface area contributed by atoms with Gasteiger partial charge in [0.2, 0.25) is 0 Å². The average Bonchev–Trinajstić information content (AvgIpc) is 3.13. The zero-order chi connectivity index (χ0) is 13.9. The van der Waals surface area contributed by atoms with E-state index in [1.807, 2.05) is 0 Å². The Hall–Kier alpha value is -0.330. The van der Waals surface area contributed by atoms with Crippen LogP contribution < -0.4 is 5.32 Å². The molecule has 2 atom stereocenters. The molecule has 6 heteroatoms. The Labute approximate surface area is 112 Å². The highest BCUT2D eigenvalue weighted by Gasteiger charge is 2.35. The first kappa shape index (κ1) is 15.1. The smallest absolute Gasteiger partial charge is 0.372 e. The molecule has 0 bridgehead atoms. The number of hydrogen-bond acceptors (Lipinski definition) is 3. The third kappa shape index (κ3) is 5.28. The number of nitrogens with zero attached hydrogens (tertiary/aromatic N) is 1. The third-order valence-corrected chi connectivity index (χ3v) is 3.92. The molecular formula is C13H23F3N2O. The summed E-state index contributed by atoms with van der Waals surface area (Å²) < 4.78 is 40.4. The van der Waals surface area contributed by atoms with Crippen LogP contribution in [0, 0.1) is 5.92 Å². The molecule has 1 aliphatic carbocycles. The van der Waals surface area contributed by atoms with Crippen LogP contribution in [-0.2, 0) is 4.74 Å². The van der Waals surface area contributed by atoms with Gasteiger partial charge in [-0.25, -0.2) is 0 Å². The fourth-order valence-corrected chi connectivity index (χ4v) is 2.63. The fraction of sp³-hybridized carbons (Fsp3) is 1.00. The van der Waals surface area contributed by atoms with Gasteiger partial charge in [-0.2, -0.15) is 13.2 Å². The van der Waals surface area contributed by atoms with Crippen LogP contribution in [0.2, 0.25) is 0 Å². The molecule has 0 spiro atoms. The molecule has 2 fully saturated rings. The van der Waals surface area contributed by atoms with Crippen molar-refractivity contribution in [3.8, 4) is 0 Å². The number of piperazine rings is 1. The first-order valence-electron chi connectivity index (χ1n) is 7.07. The van der Waals surface area contributed by atoms with E-state index in [0.29, 0.717) is 18.5 Å². The van der Waals surface area contributed by atoms with Crippen molar-refractivity contribution >= 4 is 0 Å². The number of halogens is 3. The van der Waals surface area contributed by atoms with E-state index in [-0.39, 0.29) is 6.61 Å². The molecule has 0 radical (unpaired) electrons. The SMILES string of the molecule is CC1CNC(C2CC2)CN1CCCOCC(F)(F)F. The Kier molecular flexibility index (Phi) is 5.09. The van der Waals surface area contributed by atoms with E-state index in [0.717, 1.165) is 25.6 Å². The summed E-state index contributed by atoms with van der Waals surface area (Å²) in [6.07, 6.45) is -0.916. The molecule has 1 heterocycles. The Morgan fingerprint density at radius 3 is 2.68 bits per heavy atom. The van der Waals surface area contributed by atoms with Gasteiger partial charge in [-0.1, -0.05) is 0 Å². The van der Waals surface area contributed by atoms with Crippen molar-refractivity contribution in [2.75, 3.05) is 32.8 Å². The summed E-state index contributed by atoms with van der Waals surface area (Å²) in [6, 6.07) is 1.03. The normalized spacial score (nSPS) is 29.7. The van der Waals surface area contributed by atoms with E-state index in [1.165, 1.54) is 12.8 Å². The minimum atomic E-state index is -4.21. The quantitative estimate of drug-likeness (QED) is 0.753. The lowest BCUT2D eigenvalue weighted by Gasteiger charge is -2.39. The molecule has 3 nitrogen and oxygen atoms in total. The third-order valence-electron chi connectivity index (χ3n) is 3.92. The molecule has 1 saturated carbocycles. The summed E-state index contributed by atoms with van der Waals surface area (Å²) >= 11 is 0. The zero-order valence-corrected chi connectivity index (χ0v) is 11.4. The van der Waals surface area contributed by atoms with Crippen LogP contribution in [0.25, 0.3) is 0 Å². The maximum atomic E-state index is 11.9. The van der Waals surface area contributed by atoms with Gasteiger partial charge in [-0.05, 0) is 32.1 Å². The van der Waals surface area contributed by atoms with Gasteiger partial charge in [0.25, 0.3) is 0 Å².